The molecule has 0 saturated carbocycles. The van der Waals surface area contributed by atoms with E-state index in [2.05, 4.69) is 221 Å². The van der Waals surface area contributed by atoms with Crippen LogP contribution in [0.4, 0.5) is 34.1 Å². The molecule has 272 valence electrons. The Hall–Kier alpha value is -6.38. The molecular weight excluding hydrogens is 677 g/mol. The third-order valence-corrected chi connectivity index (χ3v) is 12.6. The summed E-state index contributed by atoms with van der Waals surface area (Å²) in [6.45, 7) is 13.9. The Morgan fingerprint density at radius 3 is 1.04 bits per heavy atom. The average molecular weight is 723 g/mol. The highest BCUT2D eigenvalue weighted by Gasteiger charge is 2.40. The number of fused-ring (bicyclic) bond motifs is 9. The van der Waals surface area contributed by atoms with Crippen LogP contribution in [0.1, 0.15) is 61.1 Å². The third kappa shape index (κ3) is 5.16. The quantitative estimate of drug-likeness (QED) is 0.169. The first kappa shape index (κ1) is 34.1. The summed E-state index contributed by atoms with van der Waals surface area (Å²) in [4.78, 5) is 4.77. The van der Waals surface area contributed by atoms with Gasteiger partial charge in [-0.2, -0.15) is 0 Å². The summed E-state index contributed by atoms with van der Waals surface area (Å²) in [7, 11) is 0. The minimum Gasteiger partial charge on any atom is -0.310 e. The van der Waals surface area contributed by atoms with Crippen molar-refractivity contribution >= 4 is 44.9 Å². The van der Waals surface area contributed by atoms with Gasteiger partial charge in [-0.1, -0.05) is 136 Å². The lowest BCUT2D eigenvalue weighted by Crippen LogP contribution is -2.17. The summed E-state index contributed by atoms with van der Waals surface area (Å²) in [5.41, 5.74) is 20.1. The number of nitrogens with zero attached hydrogens (tertiary/aromatic N) is 2. The maximum Gasteiger partial charge on any atom is 0.0465 e. The highest BCUT2D eigenvalue weighted by atomic mass is 15.1. The Labute approximate surface area is 331 Å². The molecule has 2 aliphatic carbocycles. The number of anilines is 6. The van der Waals surface area contributed by atoms with Crippen LogP contribution in [0, 0.1) is 13.8 Å². The van der Waals surface area contributed by atoms with E-state index >= 15 is 0 Å². The molecule has 0 aliphatic heterocycles. The number of hydrogen-bond donors (Lipinski definition) is 0. The van der Waals surface area contributed by atoms with E-state index in [-0.39, 0.29) is 10.8 Å². The first-order valence-electron chi connectivity index (χ1n) is 19.9. The van der Waals surface area contributed by atoms with E-state index in [9.17, 15) is 0 Å². The molecule has 2 aliphatic rings. The second-order valence-electron chi connectivity index (χ2n) is 16.8. The fourth-order valence-corrected chi connectivity index (χ4v) is 9.57. The third-order valence-electron chi connectivity index (χ3n) is 12.6. The van der Waals surface area contributed by atoms with Gasteiger partial charge in [0.25, 0.3) is 0 Å². The van der Waals surface area contributed by atoms with Crippen LogP contribution in [0.15, 0.2) is 170 Å². The van der Waals surface area contributed by atoms with Crippen LogP contribution < -0.4 is 9.80 Å². The first-order valence-corrected chi connectivity index (χ1v) is 19.9. The van der Waals surface area contributed by atoms with Crippen molar-refractivity contribution in [2.45, 2.75) is 52.4 Å². The van der Waals surface area contributed by atoms with Crippen LogP contribution in [0.25, 0.3) is 33.0 Å². The number of benzene rings is 8. The molecule has 10 rings (SSSR count). The predicted molar refractivity (Wildman–Crippen MR) is 238 cm³/mol. The van der Waals surface area contributed by atoms with Gasteiger partial charge in [0, 0.05) is 45.0 Å². The van der Waals surface area contributed by atoms with E-state index in [1.54, 1.807) is 0 Å². The van der Waals surface area contributed by atoms with Crippen molar-refractivity contribution in [1.29, 1.82) is 0 Å². The van der Waals surface area contributed by atoms with Gasteiger partial charge in [0.15, 0.2) is 0 Å². The van der Waals surface area contributed by atoms with Gasteiger partial charge in [-0.05, 0) is 142 Å². The van der Waals surface area contributed by atoms with Crippen LogP contribution >= 0.6 is 0 Å². The maximum atomic E-state index is 2.44. The average Bonchev–Trinajstić information content (AvgIpc) is 3.59. The molecule has 0 atom stereocenters. The molecule has 0 unspecified atom stereocenters. The molecule has 0 amide bonds. The molecule has 0 aromatic heterocycles. The molecule has 0 radical (unpaired) electrons. The summed E-state index contributed by atoms with van der Waals surface area (Å²) >= 11 is 0. The number of para-hydroxylation sites is 2. The zero-order valence-corrected chi connectivity index (χ0v) is 33.1. The van der Waals surface area contributed by atoms with Gasteiger partial charge in [-0.15, -0.1) is 0 Å². The number of hydrogen-bond acceptors (Lipinski definition) is 2. The summed E-state index contributed by atoms with van der Waals surface area (Å²) in [6.07, 6.45) is 0. The second-order valence-corrected chi connectivity index (χ2v) is 16.8. The molecule has 0 fully saturated rings. The zero-order chi connectivity index (χ0) is 38.3. The Balaban J connectivity index is 1.12. The van der Waals surface area contributed by atoms with Crippen molar-refractivity contribution in [1.82, 2.24) is 0 Å². The van der Waals surface area contributed by atoms with Gasteiger partial charge in [-0.3, -0.25) is 0 Å². The SMILES string of the molecule is Cc1ccc(N(c2ccccc2)c2ccc3c(c2)C(C)(C)c2ccc4c5c(ccc4c2-3)C(C)(C)c2cc(N(c3ccccc3)c3ccc(C)cc3)ccc2-5)cc1. The van der Waals surface area contributed by atoms with Crippen molar-refractivity contribution in [3.05, 3.63) is 203 Å². The summed E-state index contributed by atoms with van der Waals surface area (Å²) < 4.78 is 0. The summed E-state index contributed by atoms with van der Waals surface area (Å²) in [5.74, 6) is 0. The van der Waals surface area contributed by atoms with Gasteiger partial charge in [0.05, 0.1) is 0 Å². The Bertz CT molecular complexity index is 2600. The van der Waals surface area contributed by atoms with Crippen LogP contribution in [0.2, 0.25) is 0 Å². The zero-order valence-electron chi connectivity index (χ0n) is 33.1. The first-order chi connectivity index (χ1) is 27.1. The summed E-state index contributed by atoms with van der Waals surface area (Å²) in [5, 5.41) is 2.66. The van der Waals surface area contributed by atoms with E-state index in [4.69, 9.17) is 0 Å². The fourth-order valence-electron chi connectivity index (χ4n) is 9.57. The van der Waals surface area contributed by atoms with Crippen molar-refractivity contribution in [3.8, 4) is 22.3 Å². The molecule has 0 bridgehead atoms. The van der Waals surface area contributed by atoms with Crippen molar-refractivity contribution in [2.75, 3.05) is 9.80 Å². The molecule has 8 aromatic rings. The van der Waals surface area contributed by atoms with E-state index in [1.807, 2.05) is 0 Å². The lowest BCUT2D eigenvalue weighted by molar-refractivity contribution is 0.660. The van der Waals surface area contributed by atoms with Crippen LogP contribution in [0.5, 0.6) is 0 Å². The van der Waals surface area contributed by atoms with E-state index in [0.717, 1.165) is 22.7 Å². The summed E-state index contributed by atoms with van der Waals surface area (Å²) in [6, 6.07) is 63.1. The number of aryl methyl sites for hydroxylation is 2. The van der Waals surface area contributed by atoms with E-state index in [0.29, 0.717) is 0 Å². The normalized spacial score (nSPS) is 14.2. The Kier molecular flexibility index (Phi) is 7.67. The van der Waals surface area contributed by atoms with E-state index in [1.165, 1.54) is 77.8 Å². The molecule has 0 heterocycles. The number of rotatable bonds is 6. The molecule has 56 heavy (non-hydrogen) atoms. The van der Waals surface area contributed by atoms with Crippen LogP contribution in [-0.4, -0.2) is 0 Å². The Morgan fingerprint density at radius 2 is 0.661 bits per heavy atom. The topological polar surface area (TPSA) is 6.48 Å². The molecule has 0 N–H and O–H groups in total. The molecule has 8 aromatic carbocycles. The molecule has 2 heteroatoms. The predicted octanol–water partition coefficient (Wildman–Crippen LogP) is 15.0. The molecule has 0 saturated heterocycles. The van der Waals surface area contributed by atoms with Crippen molar-refractivity contribution in [3.63, 3.8) is 0 Å². The van der Waals surface area contributed by atoms with Crippen LogP contribution in [0.3, 0.4) is 0 Å². The minimum atomic E-state index is -0.160. The van der Waals surface area contributed by atoms with Gasteiger partial charge in [0.1, 0.15) is 0 Å². The molecule has 0 spiro atoms. The van der Waals surface area contributed by atoms with Gasteiger partial charge < -0.3 is 9.80 Å². The van der Waals surface area contributed by atoms with Crippen molar-refractivity contribution < 1.29 is 0 Å². The molecule has 2 nitrogen and oxygen atoms in total. The minimum absolute atomic E-state index is 0.160. The standard InChI is InChI=1S/C54H46N2/c1-35-17-21-39(22-18-35)55(37-13-9-7-10-14-37)41-25-27-45-49(33-41)53(3,4)47-31-29-44-43(51(45)47)30-32-48-52(44)46-28-26-42(34-50(46)54(48,5)6)56(38-15-11-8-12-16-38)40-23-19-36(2)20-24-40/h7-34H,1-6H3. The highest BCUT2D eigenvalue weighted by molar-refractivity contribution is 6.11. The highest BCUT2D eigenvalue weighted by Crippen LogP contribution is 2.57. The lowest BCUT2D eigenvalue weighted by Gasteiger charge is -2.28. The van der Waals surface area contributed by atoms with Gasteiger partial charge in [-0.25, -0.2) is 0 Å². The smallest absolute Gasteiger partial charge is 0.0465 e. The fraction of sp³-hybridized carbons (Fsp3) is 0.148. The Morgan fingerprint density at radius 1 is 0.321 bits per heavy atom. The second kappa shape index (κ2) is 12.6. The van der Waals surface area contributed by atoms with Gasteiger partial charge >= 0.3 is 0 Å². The maximum absolute atomic E-state index is 2.44. The van der Waals surface area contributed by atoms with Gasteiger partial charge in [0.2, 0.25) is 0 Å². The van der Waals surface area contributed by atoms with Crippen molar-refractivity contribution in [2.24, 2.45) is 0 Å². The monoisotopic (exact) mass is 722 g/mol. The molecular formula is C54H46N2. The largest absolute Gasteiger partial charge is 0.310 e. The van der Waals surface area contributed by atoms with Crippen LogP contribution in [-0.2, 0) is 10.8 Å². The lowest BCUT2D eigenvalue weighted by atomic mass is 9.80. The van der Waals surface area contributed by atoms with E-state index < -0.39 is 0 Å².